The fourth-order valence-electron chi connectivity index (χ4n) is 8.97. The molecule has 2 saturated carbocycles. The van der Waals surface area contributed by atoms with E-state index in [-0.39, 0.29) is 29.1 Å². The van der Waals surface area contributed by atoms with Crippen LogP contribution in [0.25, 0.3) is 0 Å². The Labute approximate surface area is 297 Å². The molecule has 5 aliphatic carbocycles. The Bertz CT molecular complexity index is 1270. The Morgan fingerprint density at radius 2 is 1.62 bits per heavy atom. The van der Waals surface area contributed by atoms with Gasteiger partial charge in [0.15, 0.2) is 12.6 Å². The van der Waals surface area contributed by atoms with Gasteiger partial charge in [-0.1, -0.05) is 50.6 Å². The van der Waals surface area contributed by atoms with E-state index in [2.05, 4.69) is 43.0 Å². The summed E-state index contributed by atoms with van der Waals surface area (Å²) in [6.45, 7) is 6.31. The van der Waals surface area contributed by atoms with Gasteiger partial charge in [0, 0.05) is 46.3 Å². The summed E-state index contributed by atoms with van der Waals surface area (Å²) in [5, 5.41) is 34.2. The topological polar surface area (TPSA) is 96.2 Å². The molecule has 3 N–H and O–H groups in total. The molecule has 0 aromatic rings. The second-order valence-electron chi connectivity index (χ2n) is 15.1. The number of thioether (sulfide) groups is 2. The third-order valence-corrected chi connectivity index (χ3v) is 15.5. The number of hydrogen-bond donors (Lipinski definition) is 3. The molecule has 8 heteroatoms. The van der Waals surface area contributed by atoms with Gasteiger partial charge < -0.3 is 24.8 Å². The molecule has 6 nitrogen and oxygen atoms in total. The van der Waals surface area contributed by atoms with Crippen molar-refractivity contribution in [2.45, 2.75) is 150 Å². The molecule has 0 aromatic carbocycles. The van der Waals surface area contributed by atoms with E-state index in [0.29, 0.717) is 46.2 Å². The third-order valence-electron chi connectivity index (χ3n) is 12.1. The van der Waals surface area contributed by atoms with Gasteiger partial charge in [0.05, 0.1) is 11.4 Å². The molecule has 1 heterocycles. The first-order chi connectivity index (χ1) is 23.2. The highest BCUT2D eigenvalue weighted by molar-refractivity contribution is 8.04. The van der Waals surface area contributed by atoms with Crippen molar-refractivity contribution in [3.63, 3.8) is 0 Å². The van der Waals surface area contributed by atoms with Crippen molar-refractivity contribution >= 4 is 29.3 Å². The quantitative estimate of drug-likeness (QED) is 0.165. The molecule has 1 aliphatic heterocycles. The zero-order chi connectivity index (χ0) is 33.8. The minimum Gasteiger partial charge on any atom is -0.469 e. The summed E-state index contributed by atoms with van der Waals surface area (Å²) in [5.41, 5.74) is 3.07. The number of Topliss-reactive ketones (excluding diaryl/α,β-unsaturated/α-hetero) is 1. The number of ether oxygens (including phenoxy) is 2. The molecule has 3 fully saturated rings. The number of ketones is 1. The van der Waals surface area contributed by atoms with Crippen molar-refractivity contribution in [3.8, 4) is 0 Å². The van der Waals surface area contributed by atoms with Crippen LogP contribution in [0.3, 0.4) is 0 Å². The van der Waals surface area contributed by atoms with E-state index in [1.54, 1.807) is 5.57 Å². The second kappa shape index (κ2) is 16.7. The first-order valence-corrected chi connectivity index (χ1v) is 20.8. The summed E-state index contributed by atoms with van der Waals surface area (Å²) in [6, 6.07) is 0. The largest absolute Gasteiger partial charge is 0.469 e. The summed E-state index contributed by atoms with van der Waals surface area (Å²) in [7, 11) is 0. The maximum absolute atomic E-state index is 12.3. The first kappa shape index (κ1) is 36.3. The molecular weight excluding hydrogens is 641 g/mol. The van der Waals surface area contributed by atoms with Gasteiger partial charge in [-0.15, -0.1) is 23.5 Å². The van der Waals surface area contributed by atoms with Crippen molar-refractivity contribution in [2.24, 2.45) is 29.6 Å². The maximum atomic E-state index is 12.3. The van der Waals surface area contributed by atoms with Crippen LogP contribution in [0.15, 0.2) is 59.1 Å². The average Bonchev–Trinajstić information content (AvgIpc) is 3.57. The lowest BCUT2D eigenvalue weighted by atomic mass is 9.78. The van der Waals surface area contributed by atoms with E-state index in [1.807, 2.05) is 37.8 Å². The van der Waals surface area contributed by atoms with E-state index in [9.17, 15) is 20.1 Å². The molecule has 6 aliphatic rings. The molecule has 0 radical (unpaired) electrons. The summed E-state index contributed by atoms with van der Waals surface area (Å²) < 4.78 is 12.7. The van der Waals surface area contributed by atoms with Crippen molar-refractivity contribution in [1.82, 2.24) is 0 Å². The predicted octanol–water partition coefficient (Wildman–Crippen LogP) is 8.39. The number of aliphatic hydroxyl groups is 3. The summed E-state index contributed by atoms with van der Waals surface area (Å²) >= 11 is 4.03. The van der Waals surface area contributed by atoms with E-state index in [0.717, 1.165) is 75.7 Å². The van der Waals surface area contributed by atoms with Crippen molar-refractivity contribution < 1.29 is 29.6 Å². The highest BCUT2D eigenvalue weighted by atomic mass is 32.2. The lowest BCUT2D eigenvalue weighted by molar-refractivity contribution is -0.131. The minimum absolute atomic E-state index is 0.0204. The Morgan fingerprint density at radius 3 is 2.33 bits per heavy atom. The van der Waals surface area contributed by atoms with Crippen LogP contribution in [0, 0.1) is 29.6 Å². The van der Waals surface area contributed by atoms with Crippen LogP contribution in [0.5, 0.6) is 0 Å². The van der Waals surface area contributed by atoms with Gasteiger partial charge in [-0.05, 0) is 107 Å². The molecular formula is C40H58O6S2. The standard InChI is InChI=1S/C40H58O6S2/c1-4-33(41)26-10-14-28(15-11-26)39(43)45-30-19-20-35(46-40(44)29-16-12-27(13-17-29)34(42)5-2)38(22-30)47-24(3)37-23-32-31-9-7-6-8-25(31)18-21-36(32)48-37/h6,8,18-21,24,26-29,32-33,36-41,43-44H,4-5,7,9-17,22-23H2,1-3H3. The highest BCUT2D eigenvalue weighted by Gasteiger charge is 2.42. The van der Waals surface area contributed by atoms with E-state index in [1.165, 1.54) is 18.4 Å². The molecule has 0 bridgehead atoms. The van der Waals surface area contributed by atoms with Crippen LogP contribution in [0.1, 0.15) is 111 Å². The lowest BCUT2D eigenvalue weighted by Gasteiger charge is -2.36. The Balaban J connectivity index is 1.10. The minimum atomic E-state index is -0.902. The van der Waals surface area contributed by atoms with Crippen LogP contribution in [0.4, 0.5) is 0 Å². The lowest BCUT2D eigenvalue weighted by Crippen LogP contribution is -2.33. The fourth-order valence-corrected chi connectivity index (χ4v) is 12.3. The van der Waals surface area contributed by atoms with Gasteiger partial charge in [0.25, 0.3) is 0 Å². The molecule has 8 unspecified atom stereocenters. The SMILES string of the molecule is CCC(=O)C1CCC(C(O)OC2=CC=C(OC(O)C3CCC(C(O)CC)CC3)CC2SC(C)C2CC3C4=C(C=CCC4)C=CC3S2)CC1. The van der Waals surface area contributed by atoms with Crippen molar-refractivity contribution in [1.29, 1.82) is 0 Å². The second-order valence-corrected chi connectivity index (χ2v) is 18.1. The Kier molecular flexibility index (Phi) is 12.7. The fraction of sp³-hybridized carbons (Fsp3) is 0.725. The predicted molar refractivity (Wildman–Crippen MR) is 196 cm³/mol. The Hall–Kier alpha value is -1.45. The average molecular weight is 699 g/mol. The number of allylic oxidation sites excluding steroid dienone is 8. The molecule has 266 valence electrons. The number of carbonyl (C=O) groups is 1. The van der Waals surface area contributed by atoms with Gasteiger partial charge in [0.1, 0.15) is 17.3 Å². The van der Waals surface area contributed by atoms with E-state index in [4.69, 9.17) is 9.47 Å². The van der Waals surface area contributed by atoms with Crippen LogP contribution in [-0.2, 0) is 14.3 Å². The van der Waals surface area contributed by atoms with Gasteiger partial charge in [-0.2, -0.15) is 0 Å². The smallest absolute Gasteiger partial charge is 0.199 e. The number of rotatable bonds is 13. The summed E-state index contributed by atoms with van der Waals surface area (Å²) in [6.07, 6.45) is 23.5. The molecule has 0 aromatic heterocycles. The van der Waals surface area contributed by atoms with Crippen molar-refractivity contribution in [2.75, 3.05) is 0 Å². The zero-order valence-corrected chi connectivity index (χ0v) is 30.8. The van der Waals surface area contributed by atoms with Crippen LogP contribution in [-0.4, -0.2) is 60.8 Å². The highest BCUT2D eigenvalue weighted by Crippen LogP contribution is 2.52. The molecule has 1 saturated heterocycles. The number of carbonyl (C=O) groups excluding carboxylic acids is 1. The number of aliphatic hydroxyl groups excluding tert-OH is 3. The van der Waals surface area contributed by atoms with Gasteiger partial charge >= 0.3 is 0 Å². The van der Waals surface area contributed by atoms with Crippen LogP contribution >= 0.6 is 23.5 Å². The normalized spacial score (nSPS) is 35.9. The third kappa shape index (κ3) is 8.53. The van der Waals surface area contributed by atoms with E-state index >= 15 is 0 Å². The maximum Gasteiger partial charge on any atom is 0.199 e. The van der Waals surface area contributed by atoms with Crippen LogP contribution < -0.4 is 0 Å². The van der Waals surface area contributed by atoms with Gasteiger partial charge in [0.2, 0.25) is 0 Å². The molecule has 8 atom stereocenters. The first-order valence-electron chi connectivity index (χ1n) is 18.9. The number of hydrogen-bond acceptors (Lipinski definition) is 8. The zero-order valence-electron chi connectivity index (χ0n) is 29.2. The molecule has 6 rings (SSSR count). The van der Waals surface area contributed by atoms with Crippen LogP contribution in [0.2, 0.25) is 0 Å². The van der Waals surface area contributed by atoms with Gasteiger partial charge in [-0.3, -0.25) is 4.79 Å². The van der Waals surface area contributed by atoms with E-state index < -0.39 is 12.6 Å². The number of fused-ring (bicyclic) bond motifs is 2. The molecule has 48 heavy (non-hydrogen) atoms. The Morgan fingerprint density at radius 1 is 0.938 bits per heavy atom. The molecule has 0 spiro atoms. The summed E-state index contributed by atoms with van der Waals surface area (Å²) in [4.78, 5) is 12.3. The monoisotopic (exact) mass is 698 g/mol. The molecule has 0 amide bonds. The van der Waals surface area contributed by atoms with Crippen molar-refractivity contribution in [3.05, 3.63) is 59.1 Å². The van der Waals surface area contributed by atoms with Gasteiger partial charge in [-0.25, -0.2) is 0 Å². The summed E-state index contributed by atoms with van der Waals surface area (Å²) in [5.74, 6) is 3.02.